The van der Waals surface area contributed by atoms with Crippen molar-refractivity contribution in [3.8, 4) is 5.75 Å². The number of rotatable bonds is 7. The maximum atomic E-state index is 12.8. The molecule has 0 aliphatic carbocycles. The number of hydrogen-bond donors (Lipinski definition) is 1. The first-order valence-electron chi connectivity index (χ1n) is 8.29. The van der Waals surface area contributed by atoms with E-state index in [0.717, 1.165) is 5.56 Å². The van der Waals surface area contributed by atoms with Gasteiger partial charge in [0.05, 0.1) is 11.1 Å². The molecule has 0 saturated heterocycles. The number of carboxylic acid groups (broad SMARTS) is 1. The van der Waals surface area contributed by atoms with Gasteiger partial charge in [0.1, 0.15) is 5.75 Å². The molecule has 0 saturated carbocycles. The number of hydrogen-bond acceptors (Lipinski definition) is 4. The lowest BCUT2D eigenvalue weighted by atomic mass is 10.1. The van der Waals surface area contributed by atoms with Crippen LogP contribution in [0.3, 0.4) is 0 Å². The highest BCUT2D eigenvalue weighted by molar-refractivity contribution is 5.97. The van der Waals surface area contributed by atoms with Gasteiger partial charge < -0.3 is 19.6 Å². The highest BCUT2D eigenvalue weighted by Crippen LogP contribution is 2.20. The summed E-state index contributed by atoms with van der Waals surface area (Å²) in [4.78, 5) is 38.3. The van der Waals surface area contributed by atoms with Crippen molar-refractivity contribution in [2.75, 3.05) is 27.7 Å². The fourth-order valence-corrected chi connectivity index (χ4v) is 2.34. The lowest BCUT2D eigenvalue weighted by molar-refractivity contribution is -0.130. The Hall–Kier alpha value is -3.35. The summed E-state index contributed by atoms with van der Waals surface area (Å²) in [5.41, 5.74) is 1.35. The second kappa shape index (κ2) is 8.84. The van der Waals surface area contributed by atoms with Crippen molar-refractivity contribution in [1.29, 1.82) is 0 Å². The number of carbonyl (C=O) groups excluding carboxylic acids is 2. The number of ether oxygens (including phenoxy) is 1. The molecule has 0 heterocycles. The Labute approximate surface area is 157 Å². The van der Waals surface area contributed by atoms with Gasteiger partial charge in [-0.15, -0.1) is 0 Å². The van der Waals surface area contributed by atoms with Crippen LogP contribution >= 0.6 is 0 Å². The van der Waals surface area contributed by atoms with E-state index < -0.39 is 5.97 Å². The molecule has 0 aromatic heterocycles. The molecule has 0 fully saturated rings. The van der Waals surface area contributed by atoms with Crippen molar-refractivity contribution < 1.29 is 24.2 Å². The molecule has 0 aliphatic rings. The van der Waals surface area contributed by atoms with E-state index in [1.165, 1.54) is 21.9 Å². The van der Waals surface area contributed by atoms with Gasteiger partial charge >= 0.3 is 5.97 Å². The number of carbonyl (C=O) groups is 3. The van der Waals surface area contributed by atoms with Crippen LogP contribution in [0.1, 0.15) is 26.3 Å². The molecule has 27 heavy (non-hydrogen) atoms. The molecule has 2 rings (SSSR count). The fourth-order valence-electron chi connectivity index (χ4n) is 2.34. The normalized spacial score (nSPS) is 10.2. The zero-order chi connectivity index (χ0) is 20.0. The number of amides is 2. The summed E-state index contributed by atoms with van der Waals surface area (Å²) in [6, 6.07) is 13.1. The minimum Gasteiger partial charge on any atom is -0.483 e. The summed E-state index contributed by atoms with van der Waals surface area (Å²) < 4.78 is 5.52. The third-order valence-electron chi connectivity index (χ3n) is 3.93. The van der Waals surface area contributed by atoms with Gasteiger partial charge in [0, 0.05) is 27.7 Å². The third kappa shape index (κ3) is 5.31. The average Bonchev–Trinajstić information content (AvgIpc) is 2.66. The summed E-state index contributed by atoms with van der Waals surface area (Å²) in [5, 5.41) is 8.94. The number of aromatic carboxylic acids is 1. The van der Waals surface area contributed by atoms with Crippen molar-refractivity contribution in [1.82, 2.24) is 9.80 Å². The Morgan fingerprint density at radius 1 is 0.963 bits per heavy atom. The van der Waals surface area contributed by atoms with E-state index in [2.05, 4.69) is 0 Å². The number of para-hydroxylation sites is 1. The summed E-state index contributed by atoms with van der Waals surface area (Å²) in [6.07, 6.45) is 0. The highest BCUT2D eigenvalue weighted by atomic mass is 16.5. The predicted octanol–water partition coefficient (Wildman–Crippen LogP) is 2.12. The highest BCUT2D eigenvalue weighted by Gasteiger charge is 2.18. The van der Waals surface area contributed by atoms with E-state index in [1.54, 1.807) is 57.5 Å². The molecule has 0 unspecified atom stereocenters. The molecule has 7 heteroatoms. The lowest BCUT2D eigenvalue weighted by Gasteiger charge is -2.19. The Morgan fingerprint density at radius 3 is 2.19 bits per heavy atom. The van der Waals surface area contributed by atoms with E-state index in [1.807, 2.05) is 0 Å². The first kappa shape index (κ1) is 20.0. The van der Waals surface area contributed by atoms with Crippen LogP contribution in [0.4, 0.5) is 0 Å². The van der Waals surface area contributed by atoms with Crippen LogP contribution in [0.25, 0.3) is 0 Å². The molecule has 0 spiro atoms. The Morgan fingerprint density at radius 2 is 1.59 bits per heavy atom. The minimum absolute atomic E-state index is 0.155. The van der Waals surface area contributed by atoms with Gasteiger partial charge in [-0.25, -0.2) is 4.79 Å². The SMILES string of the molecule is CN(C)C(=O)COc1ccccc1C(=O)N(C)Cc1ccc(C(=O)O)cc1. The Kier molecular flexibility index (Phi) is 6.54. The fraction of sp³-hybridized carbons (Fsp3) is 0.250. The molecule has 0 aliphatic heterocycles. The molecule has 7 nitrogen and oxygen atoms in total. The molecule has 0 bridgehead atoms. The molecule has 0 atom stereocenters. The van der Waals surface area contributed by atoms with Crippen LogP contribution in [-0.2, 0) is 11.3 Å². The maximum Gasteiger partial charge on any atom is 0.335 e. The van der Waals surface area contributed by atoms with E-state index in [0.29, 0.717) is 17.9 Å². The van der Waals surface area contributed by atoms with Crippen molar-refractivity contribution in [3.63, 3.8) is 0 Å². The summed E-state index contributed by atoms with van der Waals surface area (Å²) in [7, 11) is 4.91. The molecule has 0 radical (unpaired) electrons. The van der Waals surface area contributed by atoms with Gasteiger partial charge in [-0.2, -0.15) is 0 Å². The number of benzene rings is 2. The number of carboxylic acids is 1. The average molecular weight is 370 g/mol. The van der Waals surface area contributed by atoms with Crippen molar-refractivity contribution in [2.45, 2.75) is 6.54 Å². The van der Waals surface area contributed by atoms with Gasteiger partial charge in [-0.05, 0) is 29.8 Å². The first-order chi connectivity index (χ1) is 12.8. The van der Waals surface area contributed by atoms with Gasteiger partial charge in [-0.1, -0.05) is 24.3 Å². The van der Waals surface area contributed by atoms with E-state index in [-0.39, 0.29) is 24.0 Å². The molecule has 2 aromatic rings. The van der Waals surface area contributed by atoms with E-state index in [9.17, 15) is 14.4 Å². The van der Waals surface area contributed by atoms with Crippen molar-refractivity contribution in [2.24, 2.45) is 0 Å². The zero-order valence-corrected chi connectivity index (χ0v) is 15.5. The van der Waals surface area contributed by atoms with Gasteiger partial charge in [0.2, 0.25) is 0 Å². The summed E-state index contributed by atoms with van der Waals surface area (Å²) in [6.45, 7) is 0.154. The van der Waals surface area contributed by atoms with Crippen LogP contribution in [0.5, 0.6) is 5.75 Å². The van der Waals surface area contributed by atoms with Crippen LogP contribution in [0.2, 0.25) is 0 Å². The standard InChI is InChI=1S/C20H22N2O5/c1-21(2)18(23)13-27-17-7-5-4-6-16(17)19(24)22(3)12-14-8-10-15(11-9-14)20(25)26/h4-11H,12-13H2,1-3H3,(H,25,26). The summed E-state index contributed by atoms with van der Waals surface area (Å²) in [5.74, 6) is -1.12. The number of nitrogens with zero attached hydrogens (tertiary/aromatic N) is 2. The molecule has 1 N–H and O–H groups in total. The quantitative estimate of drug-likeness (QED) is 0.807. The zero-order valence-electron chi connectivity index (χ0n) is 15.5. The van der Waals surface area contributed by atoms with E-state index >= 15 is 0 Å². The third-order valence-corrected chi connectivity index (χ3v) is 3.93. The predicted molar refractivity (Wildman–Crippen MR) is 99.8 cm³/mol. The van der Waals surface area contributed by atoms with Crippen LogP contribution in [0, 0.1) is 0 Å². The van der Waals surface area contributed by atoms with Crippen molar-refractivity contribution in [3.05, 3.63) is 65.2 Å². The Bertz CT molecular complexity index is 831. The van der Waals surface area contributed by atoms with Crippen LogP contribution in [-0.4, -0.2) is 60.4 Å². The lowest BCUT2D eigenvalue weighted by Crippen LogP contribution is -2.29. The first-order valence-corrected chi connectivity index (χ1v) is 8.29. The Balaban J connectivity index is 2.09. The second-order valence-corrected chi connectivity index (χ2v) is 6.24. The molecule has 2 amide bonds. The molecular formula is C20H22N2O5. The van der Waals surface area contributed by atoms with Crippen molar-refractivity contribution >= 4 is 17.8 Å². The van der Waals surface area contributed by atoms with Gasteiger partial charge in [0.25, 0.3) is 11.8 Å². The smallest absolute Gasteiger partial charge is 0.335 e. The van der Waals surface area contributed by atoms with E-state index in [4.69, 9.17) is 9.84 Å². The largest absolute Gasteiger partial charge is 0.483 e. The summed E-state index contributed by atoms with van der Waals surface area (Å²) >= 11 is 0. The minimum atomic E-state index is -0.996. The second-order valence-electron chi connectivity index (χ2n) is 6.24. The number of likely N-dealkylation sites (N-methyl/N-ethyl adjacent to an activating group) is 1. The molecule has 2 aromatic carbocycles. The van der Waals surface area contributed by atoms with Gasteiger partial charge in [0.15, 0.2) is 6.61 Å². The molecular weight excluding hydrogens is 348 g/mol. The monoisotopic (exact) mass is 370 g/mol. The topological polar surface area (TPSA) is 87.2 Å². The van der Waals surface area contributed by atoms with Gasteiger partial charge in [-0.3, -0.25) is 9.59 Å². The maximum absolute atomic E-state index is 12.8. The molecule has 142 valence electrons. The van der Waals surface area contributed by atoms with Crippen LogP contribution in [0.15, 0.2) is 48.5 Å². The van der Waals surface area contributed by atoms with Crippen LogP contribution < -0.4 is 4.74 Å².